The van der Waals surface area contributed by atoms with Crippen molar-refractivity contribution in [3.8, 4) is 0 Å². The smallest absolute Gasteiger partial charge is 0.318 e. The zero-order valence-electron chi connectivity index (χ0n) is 9.53. The molecule has 17 heavy (non-hydrogen) atoms. The summed E-state index contributed by atoms with van der Waals surface area (Å²) in [6.45, 7) is 1.97. The number of anilines is 2. The molecular weight excluding hydrogens is 220 g/mol. The molecular formula is C12H14N2O3. The summed E-state index contributed by atoms with van der Waals surface area (Å²) < 4.78 is 4.87. The van der Waals surface area contributed by atoms with Gasteiger partial charge in [-0.2, -0.15) is 0 Å². The fraction of sp³-hybridized carbons (Fsp3) is 0.333. The molecule has 1 aromatic rings. The van der Waals surface area contributed by atoms with Gasteiger partial charge in [0.25, 0.3) is 0 Å². The molecule has 0 radical (unpaired) electrons. The summed E-state index contributed by atoms with van der Waals surface area (Å²) in [5, 5.41) is 2.67. The maximum Gasteiger partial charge on any atom is 0.318 e. The van der Waals surface area contributed by atoms with Gasteiger partial charge in [0.15, 0.2) is 0 Å². The van der Waals surface area contributed by atoms with Crippen LogP contribution in [0, 0.1) is 5.92 Å². The number of hydrogen-bond acceptors (Lipinski definition) is 4. The predicted octanol–water partition coefficient (Wildman–Crippen LogP) is 0.943. The summed E-state index contributed by atoms with van der Waals surface area (Å²) in [7, 11) is 0. The van der Waals surface area contributed by atoms with E-state index in [1.54, 1.807) is 25.1 Å². The first-order valence-corrected chi connectivity index (χ1v) is 5.48. The van der Waals surface area contributed by atoms with Crippen LogP contribution in [0.25, 0.3) is 0 Å². The van der Waals surface area contributed by atoms with Crippen LogP contribution in [0.5, 0.6) is 0 Å². The lowest BCUT2D eigenvalue weighted by Gasteiger charge is -2.24. The Morgan fingerprint density at radius 1 is 1.59 bits per heavy atom. The Bertz CT molecular complexity index is 471. The highest BCUT2D eigenvalue weighted by Crippen LogP contribution is 2.30. The Labute approximate surface area is 98.9 Å². The van der Waals surface area contributed by atoms with Gasteiger partial charge in [-0.1, -0.05) is 6.07 Å². The standard InChI is InChI=1S/C12H14N2O3/c1-2-17-12(16)8-6-7-9(13)4-3-5-10(7)14-11(8)15/h3-5,8H,2,6,13H2,1H3,(H,14,15). The number of nitrogens with two attached hydrogens (primary N) is 1. The van der Waals surface area contributed by atoms with Crippen LogP contribution in [0.1, 0.15) is 12.5 Å². The maximum atomic E-state index is 11.7. The van der Waals surface area contributed by atoms with Crippen LogP contribution in [0.4, 0.5) is 11.4 Å². The molecule has 0 saturated heterocycles. The van der Waals surface area contributed by atoms with Gasteiger partial charge in [0.2, 0.25) is 5.91 Å². The first-order valence-electron chi connectivity index (χ1n) is 5.48. The highest BCUT2D eigenvalue weighted by atomic mass is 16.5. The SMILES string of the molecule is CCOC(=O)C1Cc2c(N)cccc2NC1=O. The van der Waals surface area contributed by atoms with Crippen molar-refractivity contribution in [2.75, 3.05) is 17.7 Å². The van der Waals surface area contributed by atoms with Crippen LogP contribution in [0.2, 0.25) is 0 Å². The molecule has 3 N–H and O–H groups in total. The Morgan fingerprint density at radius 2 is 2.35 bits per heavy atom. The molecule has 5 heteroatoms. The van der Waals surface area contributed by atoms with Gasteiger partial charge in [-0.25, -0.2) is 0 Å². The molecule has 0 fully saturated rings. The molecule has 1 aliphatic rings. The van der Waals surface area contributed by atoms with Gasteiger partial charge in [-0.15, -0.1) is 0 Å². The Kier molecular flexibility index (Phi) is 2.99. The minimum absolute atomic E-state index is 0.264. The van der Waals surface area contributed by atoms with Gasteiger partial charge in [0, 0.05) is 11.4 Å². The fourth-order valence-corrected chi connectivity index (χ4v) is 1.90. The second-order valence-electron chi connectivity index (χ2n) is 3.87. The molecule has 0 bridgehead atoms. The molecule has 1 aliphatic heterocycles. The van der Waals surface area contributed by atoms with E-state index in [9.17, 15) is 9.59 Å². The first kappa shape index (κ1) is 11.4. The second kappa shape index (κ2) is 4.45. The highest BCUT2D eigenvalue weighted by Gasteiger charge is 2.33. The summed E-state index contributed by atoms with van der Waals surface area (Å²) in [6, 6.07) is 5.28. The van der Waals surface area contributed by atoms with Crippen molar-refractivity contribution >= 4 is 23.3 Å². The lowest BCUT2D eigenvalue weighted by atomic mass is 9.92. The van der Waals surface area contributed by atoms with E-state index in [0.29, 0.717) is 17.8 Å². The molecule has 0 aliphatic carbocycles. The Morgan fingerprint density at radius 3 is 3.06 bits per heavy atom. The second-order valence-corrected chi connectivity index (χ2v) is 3.87. The number of nitrogen functional groups attached to an aromatic ring is 1. The normalized spacial score (nSPS) is 18.2. The largest absolute Gasteiger partial charge is 0.465 e. The maximum absolute atomic E-state index is 11.7. The van der Waals surface area contributed by atoms with Gasteiger partial charge < -0.3 is 15.8 Å². The number of fused-ring (bicyclic) bond motifs is 1. The highest BCUT2D eigenvalue weighted by molar-refractivity contribution is 6.07. The number of ether oxygens (including phenoxy) is 1. The van der Waals surface area contributed by atoms with E-state index in [2.05, 4.69) is 5.32 Å². The fourth-order valence-electron chi connectivity index (χ4n) is 1.90. The van der Waals surface area contributed by atoms with Crippen molar-refractivity contribution in [1.29, 1.82) is 0 Å². The number of carbonyl (C=O) groups excluding carboxylic acids is 2. The van der Waals surface area contributed by atoms with Crippen molar-refractivity contribution in [1.82, 2.24) is 0 Å². The lowest BCUT2D eigenvalue weighted by molar-refractivity contribution is -0.151. The molecule has 90 valence electrons. The van der Waals surface area contributed by atoms with Crippen LogP contribution in [0.15, 0.2) is 18.2 Å². The minimum atomic E-state index is -0.799. The molecule has 2 rings (SSSR count). The zero-order chi connectivity index (χ0) is 12.4. The topological polar surface area (TPSA) is 81.4 Å². The average Bonchev–Trinajstić information content (AvgIpc) is 2.29. The van der Waals surface area contributed by atoms with Crippen LogP contribution in [-0.4, -0.2) is 18.5 Å². The van der Waals surface area contributed by atoms with Gasteiger partial charge in [0.1, 0.15) is 5.92 Å². The van der Waals surface area contributed by atoms with E-state index < -0.39 is 11.9 Å². The number of hydrogen-bond donors (Lipinski definition) is 2. The summed E-state index contributed by atoms with van der Waals surface area (Å²) in [4.78, 5) is 23.3. The number of esters is 1. The third kappa shape index (κ3) is 2.08. The molecule has 1 atom stereocenters. The van der Waals surface area contributed by atoms with Crippen LogP contribution in [0.3, 0.4) is 0 Å². The monoisotopic (exact) mass is 234 g/mol. The van der Waals surface area contributed by atoms with Crippen molar-refractivity contribution in [3.63, 3.8) is 0 Å². The Balaban J connectivity index is 2.29. The zero-order valence-corrected chi connectivity index (χ0v) is 9.53. The molecule has 1 amide bonds. The molecule has 0 saturated carbocycles. The van der Waals surface area contributed by atoms with Crippen LogP contribution < -0.4 is 11.1 Å². The summed E-state index contributed by atoms with van der Waals surface area (Å²) in [5.41, 5.74) is 7.87. The van der Waals surface area contributed by atoms with Crippen molar-refractivity contribution in [2.45, 2.75) is 13.3 Å². The first-order chi connectivity index (χ1) is 8.13. The van der Waals surface area contributed by atoms with E-state index in [0.717, 1.165) is 5.56 Å². The average molecular weight is 234 g/mol. The number of amides is 1. The van der Waals surface area contributed by atoms with Crippen molar-refractivity contribution < 1.29 is 14.3 Å². The number of nitrogens with one attached hydrogen (secondary N) is 1. The van der Waals surface area contributed by atoms with E-state index in [1.165, 1.54) is 0 Å². The molecule has 5 nitrogen and oxygen atoms in total. The number of rotatable bonds is 2. The third-order valence-electron chi connectivity index (χ3n) is 2.77. The quantitative estimate of drug-likeness (QED) is 0.453. The molecule has 1 unspecified atom stereocenters. The van der Waals surface area contributed by atoms with Gasteiger partial charge in [-0.05, 0) is 31.0 Å². The van der Waals surface area contributed by atoms with Crippen molar-refractivity contribution in [3.05, 3.63) is 23.8 Å². The van der Waals surface area contributed by atoms with E-state index in [1.807, 2.05) is 0 Å². The van der Waals surface area contributed by atoms with Gasteiger partial charge >= 0.3 is 5.97 Å². The summed E-state index contributed by atoms with van der Waals surface area (Å²) in [6.07, 6.45) is 0.298. The van der Waals surface area contributed by atoms with Crippen molar-refractivity contribution in [2.24, 2.45) is 5.92 Å². The molecule has 1 heterocycles. The predicted molar refractivity (Wildman–Crippen MR) is 63.3 cm³/mol. The molecule has 0 spiro atoms. The van der Waals surface area contributed by atoms with E-state index in [-0.39, 0.29) is 12.5 Å². The molecule has 0 aromatic heterocycles. The lowest BCUT2D eigenvalue weighted by Crippen LogP contribution is -2.36. The van der Waals surface area contributed by atoms with Crippen LogP contribution in [-0.2, 0) is 20.7 Å². The van der Waals surface area contributed by atoms with Crippen LogP contribution >= 0.6 is 0 Å². The van der Waals surface area contributed by atoms with Gasteiger partial charge in [-0.3, -0.25) is 9.59 Å². The molecule has 1 aromatic carbocycles. The summed E-state index contributed by atoms with van der Waals surface area (Å²) >= 11 is 0. The van der Waals surface area contributed by atoms with Gasteiger partial charge in [0.05, 0.1) is 6.61 Å². The van der Waals surface area contributed by atoms with E-state index in [4.69, 9.17) is 10.5 Å². The minimum Gasteiger partial charge on any atom is -0.465 e. The number of carbonyl (C=O) groups is 2. The third-order valence-corrected chi connectivity index (χ3v) is 2.77. The Hall–Kier alpha value is -2.04. The van der Waals surface area contributed by atoms with E-state index >= 15 is 0 Å². The number of benzene rings is 1. The summed E-state index contributed by atoms with van der Waals surface area (Å²) in [5.74, 6) is -1.63.